The van der Waals surface area contributed by atoms with Crippen molar-refractivity contribution < 1.29 is 9.59 Å². The van der Waals surface area contributed by atoms with Gasteiger partial charge >= 0.3 is 0 Å². The van der Waals surface area contributed by atoms with Gasteiger partial charge in [0.2, 0.25) is 5.91 Å². The van der Waals surface area contributed by atoms with Gasteiger partial charge in [-0.1, -0.05) is 17.7 Å². The first-order valence-corrected chi connectivity index (χ1v) is 9.80. The SMILES string of the molecule is CN1CCN(C(=O)c2cc3n(n2)CCN(C(=O)Cc2ccc(Cl)nc2)C3)CC1. The van der Waals surface area contributed by atoms with E-state index in [1.54, 1.807) is 17.2 Å². The molecule has 2 aliphatic heterocycles. The van der Waals surface area contributed by atoms with E-state index in [4.69, 9.17) is 11.6 Å². The Hall–Kier alpha value is -2.45. The number of amides is 2. The maximum absolute atomic E-state index is 12.7. The molecule has 0 aromatic carbocycles. The standard InChI is InChI=1S/C19H23ClN6O2/c1-23-4-6-24(7-5-23)19(28)16-11-15-13-25(8-9-26(15)22-16)18(27)10-14-2-3-17(20)21-12-14/h2-3,11-12H,4-10,13H2,1H3. The van der Waals surface area contributed by atoms with Crippen LogP contribution in [0.5, 0.6) is 0 Å². The molecule has 0 unspecified atom stereocenters. The van der Waals surface area contributed by atoms with E-state index in [9.17, 15) is 9.59 Å². The van der Waals surface area contributed by atoms with Crippen LogP contribution < -0.4 is 0 Å². The number of rotatable bonds is 3. The second-order valence-corrected chi connectivity index (χ2v) is 7.71. The smallest absolute Gasteiger partial charge is 0.274 e. The Morgan fingerprint density at radius 1 is 1.07 bits per heavy atom. The molecule has 2 amide bonds. The number of carbonyl (C=O) groups excluding carboxylic acids is 2. The average molecular weight is 403 g/mol. The average Bonchev–Trinajstić information content (AvgIpc) is 3.13. The lowest BCUT2D eigenvalue weighted by Gasteiger charge is -2.31. The van der Waals surface area contributed by atoms with E-state index in [1.807, 2.05) is 21.7 Å². The molecule has 0 N–H and O–H groups in total. The van der Waals surface area contributed by atoms with E-state index < -0.39 is 0 Å². The zero-order valence-corrected chi connectivity index (χ0v) is 16.6. The number of likely N-dealkylation sites (N-methyl/N-ethyl adjacent to an activating group) is 1. The Bertz CT molecular complexity index is 873. The minimum Gasteiger partial charge on any atom is -0.335 e. The van der Waals surface area contributed by atoms with Crippen molar-refractivity contribution in [1.82, 2.24) is 29.5 Å². The Kier molecular flexibility index (Phi) is 5.32. The molecule has 0 spiro atoms. The van der Waals surface area contributed by atoms with E-state index >= 15 is 0 Å². The van der Waals surface area contributed by atoms with Crippen LogP contribution in [-0.4, -0.2) is 81.1 Å². The quantitative estimate of drug-likeness (QED) is 0.713. The molecule has 1 saturated heterocycles. The van der Waals surface area contributed by atoms with Crippen molar-refractivity contribution in [1.29, 1.82) is 0 Å². The Morgan fingerprint density at radius 3 is 2.54 bits per heavy atom. The number of halogens is 1. The van der Waals surface area contributed by atoms with Gasteiger partial charge in [0.15, 0.2) is 5.69 Å². The maximum atomic E-state index is 12.7. The topological polar surface area (TPSA) is 74.6 Å². The van der Waals surface area contributed by atoms with Gasteiger partial charge in [-0.2, -0.15) is 5.10 Å². The second-order valence-electron chi connectivity index (χ2n) is 7.32. The fourth-order valence-electron chi connectivity index (χ4n) is 3.55. The van der Waals surface area contributed by atoms with Gasteiger partial charge in [-0.3, -0.25) is 14.3 Å². The molecule has 148 valence electrons. The van der Waals surface area contributed by atoms with Gasteiger partial charge in [0, 0.05) is 38.9 Å². The van der Waals surface area contributed by atoms with E-state index in [2.05, 4.69) is 22.0 Å². The molecule has 4 heterocycles. The van der Waals surface area contributed by atoms with Gasteiger partial charge in [-0.15, -0.1) is 0 Å². The van der Waals surface area contributed by atoms with Crippen molar-refractivity contribution in [2.24, 2.45) is 0 Å². The lowest BCUT2D eigenvalue weighted by atomic mass is 10.1. The predicted octanol–water partition coefficient (Wildman–Crippen LogP) is 0.904. The van der Waals surface area contributed by atoms with Gasteiger partial charge in [-0.25, -0.2) is 4.98 Å². The molecule has 0 aliphatic carbocycles. The van der Waals surface area contributed by atoms with Crippen LogP contribution in [0, 0.1) is 0 Å². The number of pyridine rings is 1. The summed E-state index contributed by atoms with van der Waals surface area (Å²) >= 11 is 5.79. The van der Waals surface area contributed by atoms with Crippen LogP contribution in [0.4, 0.5) is 0 Å². The zero-order valence-electron chi connectivity index (χ0n) is 15.8. The molecule has 4 rings (SSSR count). The molecule has 0 radical (unpaired) electrons. The highest BCUT2D eigenvalue weighted by Gasteiger charge is 2.27. The predicted molar refractivity (Wildman–Crippen MR) is 104 cm³/mol. The minimum atomic E-state index is -0.0277. The minimum absolute atomic E-state index is 0.0277. The van der Waals surface area contributed by atoms with Crippen LogP contribution in [-0.2, 0) is 24.3 Å². The highest BCUT2D eigenvalue weighted by atomic mass is 35.5. The van der Waals surface area contributed by atoms with Crippen LogP contribution in [0.3, 0.4) is 0 Å². The van der Waals surface area contributed by atoms with Crippen LogP contribution in [0.25, 0.3) is 0 Å². The highest BCUT2D eigenvalue weighted by Crippen LogP contribution is 2.17. The monoisotopic (exact) mass is 402 g/mol. The molecule has 0 atom stereocenters. The van der Waals surface area contributed by atoms with Gasteiger partial charge in [0.1, 0.15) is 5.15 Å². The molecular formula is C19H23ClN6O2. The summed E-state index contributed by atoms with van der Waals surface area (Å²) in [5.41, 5.74) is 2.20. The summed E-state index contributed by atoms with van der Waals surface area (Å²) in [6.45, 7) is 4.83. The summed E-state index contributed by atoms with van der Waals surface area (Å²) in [4.78, 5) is 35.3. The molecule has 8 nitrogen and oxygen atoms in total. The van der Waals surface area contributed by atoms with Gasteiger partial charge in [0.25, 0.3) is 5.91 Å². The first-order valence-electron chi connectivity index (χ1n) is 9.42. The molecule has 0 saturated carbocycles. The number of nitrogens with zero attached hydrogens (tertiary/aromatic N) is 6. The summed E-state index contributed by atoms with van der Waals surface area (Å²) in [6.07, 6.45) is 1.91. The van der Waals surface area contributed by atoms with Crippen LogP contribution >= 0.6 is 11.6 Å². The lowest BCUT2D eigenvalue weighted by Crippen LogP contribution is -2.47. The fraction of sp³-hybridized carbons (Fsp3) is 0.474. The Morgan fingerprint density at radius 2 is 1.82 bits per heavy atom. The second kappa shape index (κ2) is 7.89. The summed E-state index contributed by atoms with van der Waals surface area (Å²) in [5.74, 6) is 0.00336. The molecular weight excluding hydrogens is 380 g/mol. The van der Waals surface area contributed by atoms with Gasteiger partial charge < -0.3 is 14.7 Å². The first kappa shape index (κ1) is 18.9. The van der Waals surface area contributed by atoms with Crippen molar-refractivity contribution in [3.8, 4) is 0 Å². The number of hydrogen-bond acceptors (Lipinski definition) is 5. The number of aromatic nitrogens is 3. The van der Waals surface area contributed by atoms with Crippen molar-refractivity contribution in [3.63, 3.8) is 0 Å². The maximum Gasteiger partial charge on any atom is 0.274 e. The normalized spacial score (nSPS) is 17.5. The molecule has 0 bridgehead atoms. The van der Waals surface area contributed by atoms with Gasteiger partial charge in [0.05, 0.1) is 25.2 Å². The third-order valence-electron chi connectivity index (χ3n) is 5.30. The summed E-state index contributed by atoms with van der Waals surface area (Å²) in [7, 11) is 2.06. The molecule has 2 aromatic heterocycles. The summed E-state index contributed by atoms with van der Waals surface area (Å²) < 4.78 is 1.84. The lowest BCUT2D eigenvalue weighted by molar-refractivity contribution is -0.132. The van der Waals surface area contributed by atoms with Crippen molar-refractivity contribution in [3.05, 3.63) is 46.5 Å². The van der Waals surface area contributed by atoms with E-state index in [1.165, 1.54) is 0 Å². The third-order valence-corrected chi connectivity index (χ3v) is 5.53. The molecule has 1 fully saturated rings. The zero-order chi connectivity index (χ0) is 19.7. The molecule has 2 aromatic rings. The number of carbonyl (C=O) groups is 2. The van der Waals surface area contributed by atoms with Crippen molar-refractivity contribution in [2.75, 3.05) is 39.8 Å². The van der Waals surface area contributed by atoms with E-state index in [0.29, 0.717) is 30.5 Å². The van der Waals surface area contributed by atoms with Crippen molar-refractivity contribution in [2.45, 2.75) is 19.5 Å². The summed E-state index contributed by atoms with van der Waals surface area (Å²) in [6, 6.07) is 5.32. The van der Waals surface area contributed by atoms with Crippen LogP contribution in [0.15, 0.2) is 24.4 Å². The molecule has 28 heavy (non-hydrogen) atoms. The van der Waals surface area contributed by atoms with E-state index in [-0.39, 0.29) is 18.2 Å². The largest absolute Gasteiger partial charge is 0.335 e. The Labute approximate surface area is 168 Å². The molecule has 2 aliphatic rings. The number of piperazine rings is 1. The third kappa shape index (κ3) is 4.02. The first-order chi connectivity index (χ1) is 13.5. The number of hydrogen-bond donors (Lipinski definition) is 0. The van der Waals surface area contributed by atoms with Crippen LogP contribution in [0.2, 0.25) is 5.15 Å². The molecule has 9 heteroatoms. The van der Waals surface area contributed by atoms with Crippen molar-refractivity contribution >= 4 is 23.4 Å². The number of fused-ring (bicyclic) bond motifs is 1. The van der Waals surface area contributed by atoms with Gasteiger partial charge in [-0.05, 0) is 24.7 Å². The van der Waals surface area contributed by atoms with E-state index in [0.717, 1.165) is 37.4 Å². The Balaban J connectivity index is 1.40. The highest BCUT2D eigenvalue weighted by molar-refractivity contribution is 6.29. The fourth-order valence-corrected chi connectivity index (χ4v) is 3.66. The van der Waals surface area contributed by atoms with Crippen LogP contribution in [0.1, 0.15) is 21.7 Å². The summed E-state index contributed by atoms with van der Waals surface area (Å²) in [5, 5.41) is 4.89.